The molecule has 0 atom stereocenters. The summed E-state index contributed by atoms with van der Waals surface area (Å²) >= 11 is 9.25. The molecule has 0 aliphatic carbocycles. The van der Waals surface area contributed by atoms with E-state index in [0.29, 0.717) is 10.8 Å². The van der Waals surface area contributed by atoms with Gasteiger partial charge in [0.1, 0.15) is 5.75 Å². The van der Waals surface area contributed by atoms with Crippen LogP contribution in [0, 0.1) is 6.92 Å². The smallest absolute Gasteiger partial charge is 0.344 e. The van der Waals surface area contributed by atoms with Crippen molar-refractivity contribution in [2.24, 2.45) is 5.73 Å². The molecule has 0 radical (unpaired) electrons. The van der Waals surface area contributed by atoms with E-state index in [2.05, 4.69) is 20.7 Å². The van der Waals surface area contributed by atoms with Crippen LogP contribution in [0.1, 0.15) is 5.56 Å². The number of benzene rings is 1. The SMILES string of the molecule is Cc1cc(Br)cc(Cl)c1OCC(=O)OCC(=O)NC(N)=O. The van der Waals surface area contributed by atoms with Gasteiger partial charge in [-0.1, -0.05) is 27.5 Å². The molecule has 0 fully saturated rings. The molecule has 0 bridgehead atoms. The third kappa shape index (κ3) is 6.01. The molecule has 1 aromatic carbocycles. The number of rotatable bonds is 5. The highest BCUT2D eigenvalue weighted by molar-refractivity contribution is 9.10. The van der Waals surface area contributed by atoms with Gasteiger partial charge >= 0.3 is 12.0 Å². The Hall–Kier alpha value is -1.80. The third-order valence-corrected chi connectivity index (χ3v) is 2.89. The maximum atomic E-state index is 11.4. The van der Waals surface area contributed by atoms with E-state index in [1.54, 1.807) is 24.4 Å². The van der Waals surface area contributed by atoms with E-state index in [1.807, 2.05) is 0 Å². The van der Waals surface area contributed by atoms with Crippen LogP contribution in [0.3, 0.4) is 0 Å². The number of nitrogens with two attached hydrogens (primary N) is 1. The molecule has 3 amide bonds. The molecule has 0 unspecified atom stereocenters. The molecule has 1 rings (SSSR count). The van der Waals surface area contributed by atoms with Gasteiger partial charge in [-0.2, -0.15) is 0 Å². The van der Waals surface area contributed by atoms with E-state index in [4.69, 9.17) is 22.1 Å². The normalized spacial score (nSPS) is 9.86. The quantitative estimate of drug-likeness (QED) is 0.754. The van der Waals surface area contributed by atoms with Crippen molar-refractivity contribution in [1.82, 2.24) is 5.32 Å². The van der Waals surface area contributed by atoms with Gasteiger partial charge in [0.15, 0.2) is 13.2 Å². The Labute approximate surface area is 133 Å². The number of aryl methyl sites for hydroxylation is 1. The molecule has 1 aromatic rings. The summed E-state index contributed by atoms with van der Waals surface area (Å²) in [5.41, 5.74) is 5.46. The van der Waals surface area contributed by atoms with Crippen LogP contribution in [-0.2, 0) is 14.3 Å². The van der Waals surface area contributed by atoms with Crippen LogP contribution in [0.4, 0.5) is 4.79 Å². The van der Waals surface area contributed by atoms with Gasteiger partial charge in [0.05, 0.1) is 5.02 Å². The van der Waals surface area contributed by atoms with Crippen LogP contribution in [0.25, 0.3) is 0 Å². The van der Waals surface area contributed by atoms with Crippen molar-refractivity contribution in [3.63, 3.8) is 0 Å². The lowest BCUT2D eigenvalue weighted by atomic mass is 10.2. The molecule has 0 spiro atoms. The van der Waals surface area contributed by atoms with Crippen LogP contribution in [0.15, 0.2) is 16.6 Å². The first kappa shape index (κ1) is 17.3. The van der Waals surface area contributed by atoms with Crippen molar-refractivity contribution in [3.8, 4) is 5.75 Å². The second kappa shape index (κ2) is 7.84. The van der Waals surface area contributed by atoms with Crippen molar-refractivity contribution in [2.75, 3.05) is 13.2 Å². The maximum absolute atomic E-state index is 11.4. The minimum Gasteiger partial charge on any atom is -0.480 e. The zero-order chi connectivity index (χ0) is 16.0. The summed E-state index contributed by atoms with van der Waals surface area (Å²) in [5, 5.41) is 2.09. The Kier molecular flexibility index (Phi) is 6.44. The van der Waals surface area contributed by atoms with E-state index in [-0.39, 0.29) is 0 Å². The number of nitrogens with one attached hydrogen (secondary N) is 1. The number of carbonyl (C=O) groups excluding carboxylic acids is 3. The summed E-state index contributed by atoms with van der Waals surface area (Å²) in [6.45, 7) is 0.710. The van der Waals surface area contributed by atoms with Gasteiger partial charge in [0, 0.05) is 4.47 Å². The maximum Gasteiger partial charge on any atom is 0.344 e. The standard InChI is InChI=1S/C12H12BrClN2O5/c1-6-2-7(13)3-8(14)11(6)21-5-10(18)20-4-9(17)16-12(15)19/h2-3H,4-5H2,1H3,(H3,15,16,17,19). The van der Waals surface area contributed by atoms with Crippen molar-refractivity contribution in [3.05, 3.63) is 27.2 Å². The van der Waals surface area contributed by atoms with Crippen molar-refractivity contribution < 1.29 is 23.9 Å². The summed E-state index contributed by atoms with van der Waals surface area (Å²) in [6.07, 6.45) is 0. The molecule has 7 nitrogen and oxygen atoms in total. The summed E-state index contributed by atoms with van der Waals surface area (Å²) in [7, 11) is 0. The summed E-state index contributed by atoms with van der Waals surface area (Å²) in [5.74, 6) is -1.26. The monoisotopic (exact) mass is 378 g/mol. The van der Waals surface area contributed by atoms with E-state index in [0.717, 1.165) is 10.0 Å². The minimum absolute atomic E-state index is 0.334. The fourth-order valence-corrected chi connectivity index (χ4v) is 2.39. The fraction of sp³-hybridized carbons (Fsp3) is 0.250. The number of ether oxygens (including phenoxy) is 2. The van der Waals surface area contributed by atoms with Gasteiger partial charge in [0.2, 0.25) is 0 Å². The molecule has 0 heterocycles. The average Bonchev–Trinajstić information content (AvgIpc) is 2.34. The molecular weight excluding hydrogens is 367 g/mol. The molecule has 114 valence electrons. The highest BCUT2D eigenvalue weighted by Gasteiger charge is 2.12. The number of urea groups is 1. The Bertz CT molecular complexity index is 556. The lowest BCUT2D eigenvalue weighted by Crippen LogP contribution is -2.38. The van der Waals surface area contributed by atoms with Crippen LogP contribution in [-0.4, -0.2) is 31.1 Å². The molecule has 21 heavy (non-hydrogen) atoms. The number of hydrogen-bond acceptors (Lipinski definition) is 5. The lowest BCUT2D eigenvalue weighted by molar-refractivity contribution is -0.150. The van der Waals surface area contributed by atoms with Crippen molar-refractivity contribution in [1.29, 1.82) is 0 Å². The molecule has 0 aliphatic rings. The fourth-order valence-electron chi connectivity index (χ4n) is 1.36. The Balaban J connectivity index is 2.47. The van der Waals surface area contributed by atoms with E-state index < -0.39 is 31.1 Å². The number of esters is 1. The summed E-state index contributed by atoms with van der Waals surface area (Å²) in [6, 6.07) is 2.37. The predicted molar refractivity (Wildman–Crippen MR) is 78.1 cm³/mol. The number of primary amides is 1. The first-order valence-corrected chi connectivity index (χ1v) is 6.80. The highest BCUT2D eigenvalue weighted by Crippen LogP contribution is 2.31. The summed E-state index contributed by atoms with van der Waals surface area (Å²) < 4.78 is 10.6. The second-order valence-corrected chi connectivity index (χ2v) is 5.22. The molecule has 0 aliphatic heterocycles. The summed E-state index contributed by atoms with van der Waals surface area (Å²) in [4.78, 5) is 32.8. The minimum atomic E-state index is -1.02. The van der Waals surface area contributed by atoms with E-state index in [1.165, 1.54) is 0 Å². The topological polar surface area (TPSA) is 108 Å². The Morgan fingerprint density at radius 3 is 2.57 bits per heavy atom. The largest absolute Gasteiger partial charge is 0.480 e. The van der Waals surface area contributed by atoms with Crippen molar-refractivity contribution in [2.45, 2.75) is 6.92 Å². The molecule has 0 saturated carbocycles. The van der Waals surface area contributed by atoms with Gasteiger partial charge in [-0.15, -0.1) is 0 Å². The first-order chi connectivity index (χ1) is 9.79. The third-order valence-electron chi connectivity index (χ3n) is 2.16. The molecule has 0 aromatic heterocycles. The Morgan fingerprint density at radius 2 is 2.00 bits per heavy atom. The number of amides is 3. The van der Waals surface area contributed by atoms with Gasteiger partial charge in [-0.05, 0) is 24.6 Å². The molecule has 9 heteroatoms. The van der Waals surface area contributed by atoms with Crippen molar-refractivity contribution >= 4 is 45.4 Å². The number of imide groups is 1. The van der Waals surface area contributed by atoms with Gasteiger partial charge in [-0.3, -0.25) is 10.1 Å². The molecule has 3 N–H and O–H groups in total. The molecular formula is C12H12BrClN2O5. The molecule has 0 saturated heterocycles. The van der Waals surface area contributed by atoms with Gasteiger partial charge in [0.25, 0.3) is 5.91 Å². The number of halogens is 2. The predicted octanol–water partition coefficient (Wildman–Crippen LogP) is 1.53. The second-order valence-electron chi connectivity index (χ2n) is 3.90. The average molecular weight is 380 g/mol. The number of hydrogen-bond donors (Lipinski definition) is 2. The van der Waals surface area contributed by atoms with Crippen LogP contribution in [0.2, 0.25) is 5.02 Å². The first-order valence-electron chi connectivity index (χ1n) is 5.63. The van der Waals surface area contributed by atoms with Gasteiger partial charge in [-0.25, -0.2) is 9.59 Å². The Morgan fingerprint density at radius 1 is 1.33 bits per heavy atom. The number of carbonyl (C=O) groups is 3. The van der Waals surface area contributed by atoms with Crippen LogP contribution < -0.4 is 15.8 Å². The highest BCUT2D eigenvalue weighted by atomic mass is 79.9. The van der Waals surface area contributed by atoms with Gasteiger partial charge < -0.3 is 15.2 Å². The van der Waals surface area contributed by atoms with Crippen LogP contribution in [0.5, 0.6) is 5.75 Å². The zero-order valence-electron chi connectivity index (χ0n) is 10.9. The lowest BCUT2D eigenvalue weighted by Gasteiger charge is -2.11. The zero-order valence-corrected chi connectivity index (χ0v) is 13.3. The van der Waals surface area contributed by atoms with Crippen LogP contribution >= 0.6 is 27.5 Å². The van der Waals surface area contributed by atoms with E-state index >= 15 is 0 Å². The van der Waals surface area contributed by atoms with E-state index in [9.17, 15) is 14.4 Å².